The maximum absolute atomic E-state index is 12.1. The fourth-order valence-electron chi connectivity index (χ4n) is 2.31. The highest BCUT2D eigenvalue weighted by molar-refractivity contribution is 6.33. The number of aromatic nitrogens is 2. The van der Waals surface area contributed by atoms with Gasteiger partial charge in [0.05, 0.1) is 15.5 Å². The predicted molar refractivity (Wildman–Crippen MR) is 96.3 cm³/mol. The number of carbonyl (C=O) groups is 1. The third-order valence-electron chi connectivity index (χ3n) is 3.80. The van der Waals surface area contributed by atoms with E-state index in [1.807, 2.05) is 24.3 Å². The van der Waals surface area contributed by atoms with E-state index in [0.29, 0.717) is 5.82 Å². The number of hydrogen-bond acceptors (Lipinski definition) is 7. The van der Waals surface area contributed by atoms with E-state index in [2.05, 4.69) is 17.1 Å². The van der Waals surface area contributed by atoms with E-state index in [4.69, 9.17) is 20.9 Å². The molecule has 0 unspecified atom stereocenters. The fraction of sp³-hybridized carbons (Fsp3) is 0.167. The van der Waals surface area contributed by atoms with Gasteiger partial charge in [0.2, 0.25) is 5.82 Å². The number of benzene rings is 2. The maximum Gasteiger partial charge on any atom is 0.340 e. The topological polar surface area (TPSA) is 108 Å². The molecule has 3 aromatic rings. The third kappa shape index (κ3) is 4.29. The molecule has 1 heterocycles. The van der Waals surface area contributed by atoms with Crippen molar-refractivity contribution in [2.24, 2.45) is 0 Å². The van der Waals surface area contributed by atoms with Crippen LogP contribution in [0.25, 0.3) is 11.4 Å². The summed E-state index contributed by atoms with van der Waals surface area (Å²) in [4.78, 5) is 26.5. The molecular weight excluding hydrogens is 374 g/mol. The van der Waals surface area contributed by atoms with Crippen molar-refractivity contribution in [3.63, 3.8) is 0 Å². The second-order valence-corrected chi connectivity index (χ2v) is 5.97. The molecule has 0 fully saturated rings. The highest BCUT2D eigenvalue weighted by Gasteiger charge is 2.18. The van der Waals surface area contributed by atoms with Crippen molar-refractivity contribution < 1.29 is 19.0 Å². The van der Waals surface area contributed by atoms with Crippen molar-refractivity contribution in [2.45, 2.75) is 20.0 Å². The van der Waals surface area contributed by atoms with E-state index in [1.165, 1.54) is 17.7 Å². The van der Waals surface area contributed by atoms with E-state index < -0.39 is 10.9 Å². The average Bonchev–Trinajstić information content (AvgIpc) is 3.15. The van der Waals surface area contributed by atoms with E-state index in [0.717, 1.165) is 18.1 Å². The summed E-state index contributed by atoms with van der Waals surface area (Å²) in [6.45, 7) is 1.78. The van der Waals surface area contributed by atoms with E-state index >= 15 is 0 Å². The first-order chi connectivity index (χ1) is 13.0. The zero-order valence-corrected chi connectivity index (χ0v) is 15.0. The Balaban J connectivity index is 1.68. The lowest BCUT2D eigenvalue weighted by molar-refractivity contribution is -0.384. The van der Waals surface area contributed by atoms with Gasteiger partial charge in [-0.25, -0.2) is 4.79 Å². The van der Waals surface area contributed by atoms with Gasteiger partial charge in [-0.05, 0) is 18.1 Å². The number of esters is 1. The summed E-state index contributed by atoms with van der Waals surface area (Å²) in [6, 6.07) is 11.2. The van der Waals surface area contributed by atoms with Crippen molar-refractivity contribution in [3.05, 3.63) is 74.6 Å². The van der Waals surface area contributed by atoms with Gasteiger partial charge in [-0.2, -0.15) is 4.98 Å². The van der Waals surface area contributed by atoms with Crippen molar-refractivity contribution in [3.8, 4) is 11.4 Å². The summed E-state index contributed by atoms with van der Waals surface area (Å²) in [5.74, 6) is -0.354. The fourth-order valence-corrected chi connectivity index (χ4v) is 2.50. The first-order valence-corrected chi connectivity index (χ1v) is 8.38. The molecule has 27 heavy (non-hydrogen) atoms. The summed E-state index contributed by atoms with van der Waals surface area (Å²) in [6.07, 6.45) is 0.925. The molecule has 0 atom stereocenters. The Morgan fingerprint density at radius 1 is 1.26 bits per heavy atom. The van der Waals surface area contributed by atoms with Gasteiger partial charge >= 0.3 is 5.97 Å². The van der Waals surface area contributed by atoms with Crippen LogP contribution in [0.3, 0.4) is 0 Å². The lowest BCUT2D eigenvalue weighted by Crippen LogP contribution is -2.07. The number of nitro benzene ring substituents is 1. The standard InChI is InChI=1S/C18H14ClN3O5/c1-2-11-3-5-12(6-4-11)17-20-16(27-21-17)10-26-18(23)14-9-13(22(24)25)7-8-15(14)19/h3-9H,2,10H2,1H3. The molecular formula is C18H14ClN3O5. The number of halogens is 1. The number of ether oxygens (including phenoxy) is 1. The van der Waals surface area contributed by atoms with Crippen molar-refractivity contribution >= 4 is 23.3 Å². The minimum absolute atomic E-state index is 0.0489. The molecule has 0 aliphatic carbocycles. The SMILES string of the molecule is CCc1ccc(-c2noc(COC(=O)c3cc([N+](=O)[O-])ccc3Cl)n2)cc1. The number of nitro groups is 1. The lowest BCUT2D eigenvalue weighted by atomic mass is 10.1. The van der Waals surface area contributed by atoms with Crippen LogP contribution in [0.5, 0.6) is 0 Å². The number of carbonyl (C=O) groups excluding carboxylic acids is 1. The summed E-state index contributed by atoms with van der Waals surface area (Å²) in [5, 5.41) is 14.7. The molecule has 0 spiro atoms. The molecule has 0 saturated heterocycles. The average molecular weight is 388 g/mol. The first-order valence-electron chi connectivity index (χ1n) is 8.01. The molecule has 0 bridgehead atoms. The van der Waals surface area contributed by atoms with E-state index in [-0.39, 0.29) is 28.8 Å². The molecule has 0 amide bonds. The minimum atomic E-state index is -0.823. The Morgan fingerprint density at radius 3 is 2.67 bits per heavy atom. The Labute approximate surface area is 158 Å². The van der Waals surface area contributed by atoms with Gasteiger partial charge in [0.25, 0.3) is 11.6 Å². The molecule has 0 saturated carbocycles. The molecule has 2 aromatic carbocycles. The predicted octanol–water partition coefficient (Wildman–Crippen LogP) is 4.22. The van der Waals surface area contributed by atoms with Gasteiger partial charge in [0.1, 0.15) is 0 Å². The van der Waals surface area contributed by atoms with Crippen LogP contribution in [0.4, 0.5) is 5.69 Å². The second-order valence-electron chi connectivity index (χ2n) is 5.56. The van der Waals surface area contributed by atoms with Crippen LogP contribution >= 0.6 is 11.6 Å². The number of non-ortho nitro benzene ring substituents is 1. The quantitative estimate of drug-likeness (QED) is 0.354. The highest BCUT2D eigenvalue weighted by Crippen LogP contribution is 2.23. The Bertz CT molecular complexity index is 985. The van der Waals surface area contributed by atoms with Crippen molar-refractivity contribution in [2.75, 3.05) is 0 Å². The smallest absolute Gasteiger partial charge is 0.340 e. The normalized spacial score (nSPS) is 10.6. The first kappa shape index (κ1) is 18.5. The van der Waals surface area contributed by atoms with Crippen LogP contribution in [0.15, 0.2) is 47.0 Å². The summed E-state index contributed by atoms with van der Waals surface area (Å²) >= 11 is 5.91. The number of nitrogens with zero attached hydrogens (tertiary/aromatic N) is 3. The van der Waals surface area contributed by atoms with Gasteiger partial charge in [-0.15, -0.1) is 0 Å². The second kappa shape index (κ2) is 7.96. The third-order valence-corrected chi connectivity index (χ3v) is 4.13. The van der Waals surface area contributed by atoms with Gasteiger partial charge in [-0.1, -0.05) is 47.9 Å². The van der Waals surface area contributed by atoms with Gasteiger partial charge in [0, 0.05) is 17.7 Å². The molecule has 0 aliphatic heterocycles. The summed E-state index contributed by atoms with van der Waals surface area (Å²) in [7, 11) is 0. The Morgan fingerprint density at radius 2 is 2.00 bits per heavy atom. The van der Waals surface area contributed by atoms with E-state index in [1.54, 1.807) is 0 Å². The van der Waals surface area contributed by atoms with Gasteiger partial charge in [-0.3, -0.25) is 10.1 Å². The molecule has 8 nitrogen and oxygen atoms in total. The highest BCUT2D eigenvalue weighted by atomic mass is 35.5. The van der Waals surface area contributed by atoms with Crippen LogP contribution in [0.2, 0.25) is 5.02 Å². The van der Waals surface area contributed by atoms with Crippen molar-refractivity contribution in [1.29, 1.82) is 0 Å². The Kier molecular flexibility index (Phi) is 5.46. The lowest BCUT2D eigenvalue weighted by Gasteiger charge is -2.04. The molecule has 138 valence electrons. The molecule has 1 aromatic heterocycles. The van der Waals surface area contributed by atoms with Crippen LogP contribution in [-0.2, 0) is 17.8 Å². The summed E-state index contributed by atoms with van der Waals surface area (Å²) in [5.41, 5.74) is 1.59. The molecule has 3 rings (SSSR count). The Hall–Kier alpha value is -3.26. The van der Waals surface area contributed by atoms with E-state index in [9.17, 15) is 14.9 Å². The van der Waals surface area contributed by atoms with Gasteiger partial charge in [0.15, 0.2) is 6.61 Å². The minimum Gasteiger partial charge on any atom is -0.452 e. The van der Waals surface area contributed by atoms with Gasteiger partial charge < -0.3 is 9.26 Å². The summed E-state index contributed by atoms with van der Waals surface area (Å²) < 4.78 is 10.1. The number of aryl methyl sites for hydroxylation is 1. The zero-order valence-electron chi connectivity index (χ0n) is 14.2. The number of hydrogen-bond donors (Lipinski definition) is 0. The van der Waals surface area contributed by atoms with Crippen molar-refractivity contribution in [1.82, 2.24) is 10.1 Å². The van der Waals surface area contributed by atoms with Crippen LogP contribution in [-0.4, -0.2) is 21.0 Å². The molecule has 0 N–H and O–H groups in total. The molecule has 9 heteroatoms. The van der Waals surface area contributed by atoms with Crippen LogP contribution in [0, 0.1) is 10.1 Å². The molecule has 0 radical (unpaired) electrons. The maximum atomic E-state index is 12.1. The monoisotopic (exact) mass is 387 g/mol. The van der Waals surface area contributed by atoms with Crippen LogP contribution < -0.4 is 0 Å². The number of rotatable bonds is 6. The largest absolute Gasteiger partial charge is 0.452 e. The van der Waals surface area contributed by atoms with Crippen LogP contribution in [0.1, 0.15) is 28.7 Å². The zero-order chi connectivity index (χ0) is 19.4. The molecule has 0 aliphatic rings.